The molecular formula is C8H12Br2O4. The lowest BCUT2D eigenvalue weighted by atomic mass is 10.2. The van der Waals surface area contributed by atoms with Crippen LogP contribution in [0.15, 0.2) is 0 Å². The zero-order chi connectivity index (χ0) is 9.97. The van der Waals surface area contributed by atoms with Crippen LogP contribution in [0.5, 0.6) is 0 Å². The highest BCUT2D eigenvalue weighted by Crippen LogP contribution is 2.23. The highest BCUT2D eigenvalue weighted by molar-refractivity contribution is 9.09. The molecule has 0 unspecified atom stereocenters. The Bertz CT molecular complexity index is 172. The maximum Gasteiger partial charge on any atom is 0.167 e. The summed E-state index contributed by atoms with van der Waals surface area (Å²) in [5.74, 6) is 0. The van der Waals surface area contributed by atoms with Gasteiger partial charge in [0.05, 0.1) is 23.9 Å². The smallest absolute Gasteiger partial charge is 0.167 e. The number of hydrogen-bond acceptors (Lipinski definition) is 4. The Morgan fingerprint density at radius 1 is 0.857 bits per heavy atom. The largest absolute Gasteiger partial charge is 0.349 e. The second-order valence-electron chi connectivity index (χ2n) is 3.18. The molecule has 2 saturated heterocycles. The molecule has 82 valence electrons. The summed E-state index contributed by atoms with van der Waals surface area (Å²) in [5.41, 5.74) is 0. The summed E-state index contributed by atoms with van der Waals surface area (Å²) in [6.07, 6.45) is -0.290. The zero-order valence-corrected chi connectivity index (χ0v) is 10.7. The van der Waals surface area contributed by atoms with Crippen molar-refractivity contribution in [2.24, 2.45) is 0 Å². The summed E-state index contributed by atoms with van der Waals surface area (Å²) >= 11 is 6.62. The number of ether oxygens (including phenoxy) is 4. The van der Waals surface area contributed by atoms with E-state index in [9.17, 15) is 0 Å². The van der Waals surface area contributed by atoms with E-state index in [0.717, 1.165) is 0 Å². The van der Waals surface area contributed by atoms with Crippen LogP contribution in [0.25, 0.3) is 0 Å². The van der Waals surface area contributed by atoms with Crippen molar-refractivity contribution >= 4 is 31.9 Å². The van der Waals surface area contributed by atoms with Crippen LogP contribution in [0, 0.1) is 0 Å². The summed E-state index contributed by atoms with van der Waals surface area (Å²) in [5, 5.41) is 1.39. The molecule has 0 saturated carbocycles. The van der Waals surface area contributed by atoms with E-state index in [-0.39, 0.29) is 24.8 Å². The van der Waals surface area contributed by atoms with Gasteiger partial charge in [-0.3, -0.25) is 0 Å². The summed E-state index contributed by atoms with van der Waals surface area (Å²) in [4.78, 5) is 0. The maximum atomic E-state index is 5.60. The van der Waals surface area contributed by atoms with Crippen LogP contribution in [-0.4, -0.2) is 48.7 Å². The van der Waals surface area contributed by atoms with Gasteiger partial charge in [0.25, 0.3) is 0 Å². The van der Waals surface area contributed by atoms with Gasteiger partial charge < -0.3 is 18.9 Å². The molecule has 2 aliphatic heterocycles. The average molecular weight is 332 g/mol. The standard InChI is InChI=1S/C8H12Br2O4/c9-1-7-11-3-5(13-7)6-4-12-8(2-10)14-6/h5-8H,1-4H2/t5-,6-,7+,8+/m1/s1. The van der Waals surface area contributed by atoms with Gasteiger partial charge >= 0.3 is 0 Å². The van der Waals surface area contributed by atoms with Gasteiger partial charge in [-0.15, -0.1) is 0 Å². The lowest BCUT2D eigenvalue weighted by Gasteiger charge is -2.15. The Labute approximate surface area is 99.5 Å². The molecule has 0 aromatic carbocycles. The monoisotopic (exact) mass is 330 g/mol. The van der Waals surface area contributed by atoms with Gasteiger partial charge in [-0.2, -0.15) is 0 Å². The van der Waals surface area contributed by atoms with E-state index in [1.54, 1.807) is 0 Å². The van der Waals surface area contributed by atoms with E-state index >= 15 is 0 Å². The van der Waals surface area contributed by atoms with Crippen LogP contribution < -0.4 is 0 Å². The van der Waals surface area contributed by atoms with Crippen LogP contribution >= 0.6 is 31.9 Å². The minimum absolute atomic E-state index is 0.00148. The third-order valence-corrected chi connectivity index (χ3v) is 3.27. The van der Waals surface area contributed by atoms with Crippen molar-refractivity contribution in [1.82, 2.24) is 0 Å². The van der Waals surface area contributed by atoms with Gasteiger partial charge in [-0.25, -0.2) is 0 Å². The molecule has 6 heteroatoms. The fourth-order valence-electron chi connectivity index (χ4n) is 1.50. The van der Waals surface area contributed by atoms with Gasteiger partial charge in [0.15, 0.2) is 12.6 Å². The SMILES string of the molecule is BrC[C@H]1OC[C@H]([C@H]2CO[C@H](CBr)O2)O1. The molecule has 0 radical (unpaired) electrons. The lowest BCUT2D eigenvalue weighted by molar-refractivity contribution is -0.0882. The van der Waals surface area contributed by atoms with Crippen molar-refractivity contribution in [1.29, 1.82) is 0 Å². The molecule has 0 aromatic heterocycles. The van der Waals surface area contributed by atoms with Crippen molar-refractivity contribution < 1.29 is 18.9 Å². The van der Waals surface area contributed by atoms with Gasteiger partial charge in [-0.1, -0.05) is 31.9 Å². The summed E-state index contributed by atoms with van der Waals surface area (Å²) in [6, 6.07) is 0. The molecule has 0 spiro atoms. The average Bonchev–Trinajstić information content (AvgIpc) is 2.86. The highest BCUT2D eigenvalue weighted by Gasteiger charge is 2.37. The third kappa shape index (κ3) is 2.48. The third-order valence-electron chi connectivity index (χ3n) is 2.21. The van der Waals surface area contributed by atoms with E-state index < -0.39 is 0 Å². The molecule has 14 heavy (non-hydrogen) atoms. The maximum absolute atomic E-state index is 5.60. The van der Waals surface area contributed by atoms with Gasteiger partial charge in [0, 0.05) is 0 Å². The Hall–Kier alpha value is 0.800. The van der Waals surface area contributed by atoms with Gasteiger partial charge in [0.2, 0.25) is 0 Å². The van der Waals surface area contributed by atoms with Crippen molar-refractivity contribution in [3.8, 4) is 0 Å². The minimum atomic E-state index is -0.147. The van der Waals surface area contributed by atoms with Gasteiger partial charge in [0.1, 0.15) is 12.2 Å². The normalized spacial score (nSPS) is 43.3. The van der Waals surface area contributed by atoms with Crippen LogP contribution in [-0.2, 0) is 18.9 Å². The molecule has 0 aromatic rings. The van der Waals surface area contributed by atoms with E-state index in [0.29, 0.717) is 23.9 Å². The Balaban J connectivity index is 1.80. The predicted molar refractivity (Wildman–Crippen MR) is 56.8 cm³/mol. The van der Waals surface area contributed by atoms with E-state index in [2.05, 4.69) is 31.9 Å². The van der Waals surface area contributed by atoms with E-state index in [4.69, 9.17) is 18.9 Å². The molecule has 0 N–H and O–H groups in total. The second kappa shape index (κ2) is 5.23. The number of halogens is 2. The Morgan fingerprint density at radius 2 is 1.29 bits per heavy atom. The summed E-state index contributed by atoms with van der Waals surface area (Å²) in [7, 11) is 0. The predicted octanol–water partition coefficient (Wildman–Crippen LogP) is 1.26. The van der Waals surface area contributed by atoms with Gasteiger partial charge in [-0.05, 0) is 0 Å². The van der Waals surface area contributed by atoms with Crippen molar-refractivity contribution in [2.75, 3.05) is 23.9 Å². The zero-order valence-electron chi connectivity index (χ0n) is 7.53. The molecule has 2 aliphatic rings. The van der Waals surface area contributed by atoms with Crippen molar-refractivity contribution in [2.45, 2.75) is 24.8 Å². The molecule has 0 aliphatic carbocycles. The van der Waals surface area contributed by atoms with Crippen LogP contribution in [0.1, 0.15) is 0 Å². The first kappa shape index (κ1) is 11.3. The molecule has 2 fully saturated rings. The lowest BCUT2D eigenvalue weighted by Crippen LogP contribution is -2.31. The first-order valence-electron chi connectivity index (χ1n) is 4.49. The van der Waals surface area contributed by atoms with Crippen LogP contribution in [0.2, 0.25) is 0 Å². The quantitative estimate of drug-likeness (QED) is 0.730. The van der Waals surface area contributed by atoms with Crippen LogP contribution in [0.4, 0.5) is 0 Å². The topological polar surface area (TPSA) is 36.9 Å². The molecule has 2 rings (SSSR count). The highest BCUT2D eigenvalue weighted by atomic mass is 79.9. The second-order valence-corrected chi connectivity index (χ2v) is 4.48. The fraction of sp³-hybridized carbons (Fsp3) is 1.00. The summed E-state index contributed by atoms with van der Waals surface area (Å²) < 4.78 is 22.0. The Kier molecular flexibility index (Phi) is 4.21. The number of alkyl halides is 2. The Morgan fingerprint density at radius 3 is 1.57 bits per heavy atom. The van der Waals surface area contributed by atoms with Crippen molar-refractivity contribution in [3.63, 3.8) is 0 Å². The molecule has 4 nitrogen and oxygen atoms in total. The van der Waals surface area contributed by atoms with Crippen LogP contribution in [0.3, 0.4) is 0 Å². The first-order chi connectivity index (χ1) is 6.83. The molecular weight excluding hydrogens is 320 g/mol. The number of hydrogen-bond donors (Lipinski definition) is 0. The molecule has 4 atom stereocenters. The number of rotatable bonds is 3. The van der Waals surface area contributed by atoms with Crippen molar-refractivity contribution in [3.05, 3.63) is 0 Å². The molecule has 0 bridgehead atoms. The fourth-order valence-corrected chi connectivity index (χ4v) is 2.18. The molecule has 0 amide bonds. The van der Waals surface area contributed by atoms with E-state index in [1.807, 2.05) is 0 Å². The molecule has 2 heterocycles. The van der Waals surface area contributed by atoms with E-state index in [1.165, 1.54) is 0 Å². The first-order valence-corrected chi connectivity index (χ1v) is 6.74. The summed E-state index contributed by atoms with van der Waals surface area (Å²) in [6.45, 7) is 1.17. The minimum Gasteiger partial charge on any atom is -0.349 e.